The summed E-state index contributed by atoms with van der Waals surface area (Å²) < 4.78 is 10.7. The van der Waals surface area contributed by atoms with Crippen LogP contribution in [0, 0.1) is 0 Å². The molecular formula is C13H18O3. The molecule has 88 valence electrons. The van der Waals surface area contributed by atoms with E-state index in [1.54, 1.807) is 19.2 Å². The van der Waals surface area contributed by atoms with E-state index in [2.05, 4.69) is 0 Å². The van der Waals surface area contributed by atoms with Crippen LogP contribution in [0.15, 0.2) is 29.8 Å². The van der Waals surface area contributed by atoms with E-state index in [9.17, 15) is 0 Å². The third kappa shape index (κ3) is 3.59. The molecule has 0 radical (unpaired) electrons. The summed E-state index contributed by atoms with van der Waals surface area (Å²) in [6.07, 6.45) is 1.99. The van der Waals surface area contributed by atoms with Crippen molar-refractivity contribution < 1.29 is 14.6 Å². The Kier molecular flexibility index (Phi) is 4.86. The third-order valence-corrected chi connectivity index (χ3v) is 2.14. The Balaban J connectivity index is 2.79. The zero-order valence-corrected chi connectivity index (χ0v) is 9.99. The molecule has 0 spiro atoms. The summed E-state index contributed by atoms with van der Waals surface area (Å²) in [6.45, 7) is 4.55. The first-order valence-corrected chi connectivity index (χ1v) is 5.21. The molecule has 0 bridgehead atoms. The molecule has 0 aliphatic carbocycles. The van der Waals surface area contributed by atoms with E-state index in [0.29, 0.717) is 18.1 Å². The van der Waals surface area contributed by atoms with Crippen molar-refractivity contribution in [3.8, 4) is 11.5 Å². The summed E-state index contributed by atoms with van der Waals surface area (Å²) in [5, 5.41) is 9.03. The number of hydrogen-bond acceptors (Lipinski definition) is 3. The van der Waals surface area contributed by atoms with E-state index in [1.165, 1.54) is 5.57 Å². The summed E-state index contributed by atoms with van der Waals surface area (Å²) >= 11 is 0. The zero-order valence-electron chi connectivity index (χ0n) is 9.99. The maximum absolute atomic E-state index is 9.03. The van der Waals surface area contributed by atoms with E-state index in [1.807, 2.05) is 26.0 Å². The van der Waals surface area contributed by atoms with Crippen molar-refractivity contribution in [2.24, 2.45) is 0 Å². The summed E-state index contributed by atoms with van der Waals surface area (Å²) in [5.74, 6) is 1.34. The smallest absolute Gasteiger partial charge is 0.161 e. The maximum Gasteiger partial charge on any atom is 0.161 e. The Morgan fingerprint density at radius 3 is 2.62 bits per heavy atom. The van der Waals surface area contributed by atoms with Gasteiger partial charge in [0.1, 0.15) is 6.61 Å². The molecule has 0 atom stereocenters. The van der Waals surface area contributed by atoms with Crippen LogP contribution in [0.4, 0.5) is 0 Å². The van der Waals surface area contributed by atoms with Crippen molar-refractivity contribution >= 4 is 0 Å². The van der Waals surface area contributed by atoms with Gasteiger partial charge in [-0.15, -0.1) is 0 Å². The molecule has 0 saturated heterocycles. The van der Waals surface area contributed by atoms with Gasteiger partial charge >= 0.3 is 0 Å². The molecule has 0 unspecified atom stereocenters. The second kappa shape index (κ2) is 6.18. The fraction of sp³-hybridized carbons (Fsp3) is 0.385. The maximum atomic E-state index is 9.03. The van der Waals surface area contributed by atoms with E-state index in [-0.39, 0.29) is 6.61 Å². The standard InChI is InChI=1S/C13H18O3/c1-10(2)6-7-16-13-8-11(9-14)4-5-12(13)15-3/h4-6,8,14H,7,9H2,1-3H3. The molecule has 0 aromatic heterocycles. The molecule has 1 N–H and O–H groups in total. The van der Waals surface area contributed by atoms with E-state index >= 15 is 0 Å². The van der Waals surface area contributed by atoms with Crippen LogP contribution >= 0.6 is 0 Å². The Hall–Kier alpha value is -1.48. The Morgan fingerprint density at radius 1 is 1.31 bits per heavy atom. The monoisotopic (exact) mass is 222 g/mol. The largest absolute Gasteiger partial charge is 0.493 e. The SMILES string of the molecule is COc1ccc(CO)cc1OCC=C(C)C. The highest BCUT2D eigenvalue weighted by atomic mass is 16.5. The van der Waals surface area contributed by atoms with Gasteiger partial charge in [0, 0.05) is 0 Å². The Bertz CT molecular complexity index is 365. The lowest BCUT2D eigenvalue weighted by atomic mass is 10.2. The van der Waals surface area contributed by atoms with Gasteiger partial charge in [-0.2, -0.15) is 0 Å². The molecule has 16 heavy (non-hydrogen) atoms. The number of methoxy groups -OCH3 is 1. The molecule has 1 aromatic carbocycles. The first-order chi connectivity index (χ1) is 7.67. The van der Waals surface area contributed by atoms with Gasteiger partial charge in [-0.25, -0.2) is 0 Å². The number of benzene rings is 1. The minimum absolute atomic E-state index is 0.00298. The van der Waals surface area contributed by atoms with Crippen LogP contribution in [0.5, 0.6) is 11.5 Å². The van der Waals surface area contributed by atoms with Crippen molar-refractivity contribution in [1.29, 1.82) is 0 Å². The number of hydrogen-bond donors (Lipinski definition) is 1. The van der Waals surface area contributed by atoms with Crippen LogP contribution in [-0.4, -0.2) is 18.8 Å². The molecule has 1 rings (SSSR count). The number of aliphatic hydroxyl groups is 1. The van der Waals surface area contributed by atoms with Crippen molar-refractivity contribution in [3.05, 3.63) is 35.4 Å². The Morgan fingerprint density at radius 2 is 2.06 bits per heavy atom. The number of allylic oxidation sites excluding steroid dienone is 1. The van der Waals surface area contributed by atoms with E-state index in [4.69, 9.17) is 14.6 Å². The van der Waals surface area contributed by atoms with Crippen molar-refractivity contribution in [2.75, 3.05) is 13.7 Å². The molecule has 0 saturated carbocycles. The van der Waals surface area contributed by atoms with Crippen LogP contribution in [0.25, 0.3) is 0 Å². The fourth-order valence-corrected chi connectivity index (χ4v) is 1.23. The average Bonchev–Trinajstić information content (AvgIpc) is 2.28. The van der Waals surface area contributed by atoms with Crippen LogP contribution in [0.1, 0.15) is 19.4 Å². The molecule has 3 heteroatoms. The van der Waals surface area contributed by atoms with Crippen LogP contribution in [0.3, 0.4) is 0 Å². The summed E-state index contributed by atoms with van der Waals surface area (Å²) in [4.78, 5) is 0. The van der Waals surface area contributed by atoms with Crippen molar-refractivity contribution in [3.63, 3.8) is 0 Å². The van der Waals surface area contributed by atoms with Crippen LogP contribution < -0.4 is 9.47 Å². The lowest BCUT2D eigenvalue weighted by Gasteiger charge is -2.10. The van der Waals surface area contributed by atoms with Crippen molar-refractivity contribution in [1.82, 2.24) is 0 Å². The van der Waals surface area contributed by atoms with Gasteiger partial charge < -0.3 is 14.6 Å². The first-order valence-electron chi connectivity index (χ1n) is 5.21. The lowest BCUT2D eigenvalue weighted by molar-refractivity contribution is 0.279. The van der Waals surface area contributed by atoms with Crippen LogP contribution in [-0.2, 0) is 6.61 Å². The molecule has 0 heterocycles. The van der Waals surface area contributed by atoms with Crippen LogP contribution in [0.2, 0.25) is 0 Å². The molecule has 3 nitrogen and oxygen atoms in total. The van der Waals surface area contributed by atoms with E-state index in [0.717, 1.165) is 5.56 Å². The van der Waals surface area contributed by atoms with Gasteiger partial charge in [-0.1, -0.05) is 11.6 Å². The number of rotatable bonds is 5. The second-order valence-electron chi connectivity index (χ2n) is 3.74. The fourth-order valence-electron chi connectivity index (χ4n) is 1.23. The minimum atomic E-state index is 0.00298. The topological polar surface area (TPSA) is 38.7 Å². The van der Waals surface area contributed by atoms with Gasteiger partial charge in [0.05, 0.1) is 13.7 Å². The van der Waals surface area contributed by atoms with Gasteiger partial charge in [0.15, 0.2) is 11.5 Å². The third-order valence-electron chi connectivity index (χ3n) is 2.14. The normalized spacial score (nSPS) is 9.75. The molecular weight excluding hydrogens is 204 g/mol. The van der Waals surface area contributed by atoms with Gasteiger partial charge in [-0.3, -0.25) is 0 Å². The van der Waals surface area contributed by atoms with Gasteiger partial charge in [0.25, 0.3) is 0 Å². The summed E-state index contributed by atoms with van der Waals surface area (Å²) in [6, 6.07) is 5.40. The molecule has 1 aromatic rings. The Labute approximate surface area is 96.3 Å². The molecule has 0 aliphatic rings. The predicted octanol–water partition coefficient (Wildman–Crippen LogP) is 2.53. The van der Waals surface area contributed by atoms with Crippen molar-refractivity contribution in [2.45, 2.75) is 20.5 Å². The predicted molar refractivity (Wildman–Crippen MR) is 63.8 cm³/mol. The highest BCUT2D eigenvalue weighted by molar-refractivity contribution is 5.42. The summed E-state index contributed by atoms with van der Waals surface area (Å²) in [5.41, 5.74) is 2.02. The summed E-state index contributed by atoms with van der Waals surface area (Å²) in [7, 11) is 1.60. The highest BCUT2D eigenvalue weighted by Gasteiger charge is 2.04. The van der Waals surface area contributed by atoms with E-state index < -0.39 is 0 Å². The quantitative estimate of drug-likeness (QED) is 0.778. The molecule has 0 aliphatic heterocycles. The highest BCUT2D eigenvalue weighted by Crippen LogP contribution is 2.28. The first kappa shape index (κ1) is 12.6. The number of ether oxygens (including phenoxy) is 2. The average molecular weight is 222 g/mol. The minimum Gasteiger partial charge on any atom is -0.493 e. The second-order valence-corrected chi connectivity index (χ2v) is 3.74. The van der Waals surface area contributed by atoms with Gasteiger partial charge in [-0.05, 0) is 37.6 Å². The zero-order chi connectivity index (χ0) is 12.0. The lowest BCUT2D eigenvalue weighted by Crippen LogP contribution is -1.98. The molecule has 0 amide bonds. The van der Waals surface area contributed by atoms with Gasteiger partial charge in [0.2, 0.25) is 0 Å². The molecule has 0 fully saturated rings. The number of aliphatic hydroxyl groups excluding tert-OH is 1.